The summed E-state index contributed by atoms with van der Waals surface area (Å²) in [7, 11) is 0. The van der Waals surface area contributed by atoms with E-state index in [0.29, 0.717) is 0 Å². The Morgan fingerprint density at radius 3 is 2.67 bits per heavy atom. The summed E-state index contributed by atoms with van der Waals surface area (Å²) in [5, 5.41) is 7.33. The van der Waals surface area contributed by atoms with Gasteiger partial charge in [-0.25, -0.2) is 0 Å². The fraction of sp³-hybridized carbons (Fsp3) is 1.00. The molecule has 1 aliphatic heterocycles. The van der Waals surface area contributed by atoms with Crippen LogP contribution in [0.1, 0.15) is 44.9 Å². The van der Waals surface area contributed by atoms with Crippen molar-refractivity contribution in [2.24, 2.45) is 11.3 Å². The molecule has 2 heteroatoms. The van der Waals surface area contributed by atoms with Crippen molar-refractivity contribution in [3.63, 3.8) is 0 Å². The van der Waals surface area contributed by atoms with Crippen LogP contribution in [0.15, 0.2) is 0 Å². The van der Waals surface area contributed by atoms with Crippen molar-refractivity contribution < 1.29 is 0 Å². The zero-order chi connectivity index (χ0) is 10.1. The third kappa shape index (κ3) is 2.36. The molecule has 0 spiro atoms. The predicted octanol–water partition coefficient (Wildman–Crippen LogP) is 1.91. The summed E-state index contributed by atoms with van der Waals surface area (Å²) in [6.45, 7) is 3.77. The summed E-state index contributed by atoms with van der Waals surface area (Å²) in [5.41, 5.74) is 0.778. The van der Waals surface area contributed by atoms with Crippen LogP contribution in [0.4, 0.5) is 0 Å². The maximum Gasteiger partial charge on any atom is 0.00798 e. The second-order valence-electron chi connectivity index (χ2n) is 5.90. The van der Waals surface area contributed by atoms with E-state index in [2.05, 4.69) is 10.6 Å². The smallest absolute Gasteiger partial charge is 0.00798 e. The summed E-state index contributed by atoms with van der Waals surface area (Å²) in [5.74, 6) is 1.11. The van der Waals surface area contributed by atoms with Crippen LogP contribution in [-0.4, -0.2) is 25.7 Å². The van der Waals surface area contributed by atoms with E-state index in [1.807, 2.05) is 0 Å². The molecule has 3 rings (SSSR count). The standard InChI is InChI=1S/C13H24N2/c1-2-12(5-9-14-8-1)15-10-13(6-7-13)11-3-4-11/h11-12,14-15H,1-10H2. The Morgan fingerprint density at radius 1 is 1.07 bits per heavy atom. The predicted molar refractivity (Wildman–Crippen MR) is 62.9 cm³/mol. The Kier molecular flexibility index (Phi) is 2.73. The number of nitrogens with one attached hydrogen (secondary N) is 2. The molecule has 2 N–H and O–H groups in total. The second-order valence-corrected chi connectivity index (χ2v) is 5.90. The quantitative estimate of drug-likeness (QED) is 0.737. The lowest BCUT2D eigenvalue weighted by Gasteiger charge is -2.21. The molecular weight excluding hydrogens is 184 g/mol. The molecule has 2 saturated carbocycles. The van der Waals surface area contributed by atoms with Gasteiger partial charge in [0.25, 0.3) is 0 Å². The first-order chi connectivity index (χ1) is 7.39. The van der Waals surface area contributed by atoms with Gasteiger partial charge in [-0.2, -0.15) is 0 Å². The highest BCUT2D eigenvalue weighted by Crippen LogP contribution is 2.60. The van der Waals surface area contributed by atoms with Crippen molar-refractivity contribution in [1.29, 1.82) is 0 Å². The number of rotatable bonds is 4. The molecule has 0 aromatic carbocycles. The molecule has 15 heavy (non-hydrogen) atoms. The third-order valence-electron chi connectivity index (χ3n) is 4.65. The van der Waals surface area contributed by atoms with Crippen LogP contribution in [0.25, 0.3) is 0 Å². The summed E-state index contributed by atoms with van der Waals surface area (Å²) in [4.78, 5) is 0. The Morgan fingerprint density at radius 2 is 1.93 bits per heavy atom. The van der Waals surface area contributed by atoms with Gasteiger partial charge in [0.05, 0.1) is 0 Å². The highest BCUT2D eigenvalue weighted by Gasteiger charge is 2.53. The molecular formula is C13H24N2. The van der Waals surface area contributed by atoms with Gasteiger partial charge in [0, 0.05) is 12.6 Å². The number of hydrogen-bond donors (Lipinski definition) is 2. The molecule has 86 valence electrons. The molecule has 2 aliphatic carbocycles. The minimum Gasteiger partial charge on any atom is -0.317 e. The van der Waals surface area contributed by atoms with E-state index in [0.717, 1.165) is 17.4 Å². The van der Waals surface area contributed by atoms with Gasteiger partial charge in [0.2, 0.25) is 0 Å². The molecule has 1 heterocycles. The molecule has 0 radical (unpaired) electrons. The van der Waals surface area contributed by atoms with Crippen LogP contribution in [0.5, 0.6) is 0 Å². The van der Waals surface area contributed by atoms with Crippen LogP contribution in [-0.2, 0) is 0 Å². The molecule has 0 amide bonds. The normalized spacial score (nSPS) is 34.8. The maximum absolute atomic E-state index is 3.85. The topological polar surface area (TPSA) is 24.1 Å². The summed E-state index contributed by atoms with van der Waals surface area (Å²) in [6.07, 6.45) is 10.1. The van der Waals surface area contributed by atoms with E-state index in [1.54, 1.807) is 0 Å². The van der Waals surface area contributed by atoms with Crippen molar-refractivity contribution in [2.75, 3.05) is 19.6 Å². The fourth-order valence-corrected chi connectivity index (χ4v) is 3.16. The molecule has 0 bridgehead atoms. The van der Waals surface area contributed by atoms with Crippen LogP contribution >= 0.6 is 0 Å². The summed E-state index contributed by atoms with van der Waals surface area (Å²) < 4.78 is 0. The average molecular weight is 208 g/mol. The SMILES string of the molecule is C1CNCCC(NCC2(C3CC3)CC2)C1. The van der Waals surface area contributed by atoms with Gasteiger partial charge in [-0.15, -0.1) is 0 Å². The van der Waals surface area contributed by atoms with E-state index in [1.165, 1.54) is 64.6 Å². The van der Waals surface area contributed by atoms with Crippen LogP contribution < -0.4 is 10.6 Å². The Bertz CT molecular complexity index is 211. The molecule has 1 unspecified atom stereocenters. The van der Waals surface area contributed by atoms with Crippen molar-refractivity contribution >= 4 is 0 Å². The van der Waals surface area contributed by atoms with E-state index in [4.69, 9.17) is 0 Å². The second kappa shape index (κ2) is 4.06. The van der Waals surface area contributed by atoms with Gasteiger partial charge in [-0.1, -0.05) is 0 Å². The lowest BCUT2D eigenvalue weighted by atomic mass is 9.99. The largest absolute Gasteiger partial charge is 0.317 e. The highest BCUT2D eigenvalue weighted by molar-refractivity contribution is 5.05. The Balaban J connectivity index is 1.44. The fourth-order valence-electron chi connectivity index (χ4n) is 3.16. The van der Waals surface area contributed by atoms with E-state index >= 15 is 0 Å². The molecule has 3 aliphatic rings. The molecule has 1 saturated heterocycles. The minimum absolute atomic E-state index is 0.778. The first kappa shape index (κ1) is 10.1. The molecule has 3 fully saturated rings. The Labute approximate surface area is 93.2 Å². The van der Waals surface area contributed by atoms with Gasteiger partial charge in [-0.05, 0) is 69.4 Å². The van der Waals surface area contributed by atoms with Crippen molar-refractivity contribution in [1.82, 2.24) is 10.6 Å². The van der Waals surface area contributed by atoms with Gasteiger partial charge in [0.15, 0.2) is 0 Å². The van der Waals surface area contributed by atoms with Crippen molar-refractivity contribution in [2.45, 2.75) is 51.0 Å². The van der Waals surface area contributed by atoms with Crippen LogP contribution in [0, 0.1) is 11.3 Å². The van der Waals surface area contributed by atoms with E-state index in [9.17, 15) is 0 Å². The monoisotopic (exact) mass is 208 g/mol. The van der Waals surface area contributed by atoms with Crippen molar-refractivity contribution in [3.8, 4) is 0 Å². The van der Waals surface area contributed by atoms with Gasteiger partial charge in [-0.3, -0.25) is 0 Å². The van der Waals surface area contributed by atoms with Crippen LogP contribution in [0.3, 0.4) is 0 Å². The number of hydrogen-bond acceptors (Lipinski definition) is 2. The zero-order valence-electron chi connectivity index (χ0n) is 9.73. The molecule has 0 aromatic heterocycles. The maximum atomic E-state index is 3.85. The lowest BCUT2D eigenvalue weighted by molar-refractivity contribution is 0.358. The molecule has 1 atom stereocenters. The first-order valence-electron chi connectivity index (χ1n) is 6.83. The van der Waals surface area contributed by atoms with Crippen molar-refractivity contribution in [3.05, 3.63) is 0 Å². The molecule has 2 nitrogen and oxygen atoms in total. The first-order valence-corrected chi connectivity index (χ1v) is 6.83. The van der Waals surface area contributed by atoms with Gasteiger partial charge in [0.1, 0.15) is 0 Å². The third-order valence-corrected chi connectivity index (χ3v) is 4.65. The lowest BCUT2D eigenvalue weighted by Crippen LogP contribution is -2.35. The minimum atomic E-state index is 0.778. The van der Waals surface area contributed by atoms with Gasteiger partial charge < -0.3 is 10.6 Å². The Hall–Kier alpha value is -0.0800. The van der Waals surface area contributed by atoms with E-state index < -0.39 is 0 Å². The highest BCUT2D eigenvalue weighted by atomic mass is 15.0. The van der Waals surface area contributed by atoms with Crippen LogP contribution in [0.2, 0.25) is 0 Å². The molecule has 0 aromatic rings. The van der Waals surface area contributed by atoms with Gasteiger partial charge >= 0.3 is 0 Å². The summed E-state index contributed by atoms with van der Waals surface area (Å²) >= 11 is 0. The van der Waals surface area contributed by atoms with E-state index in [-0.39, 0.29) is 0 Å². The summed E-state index contributed by atoms with van der Waals surface area (Å²) in [6, 6.07) is 0.802. The average Bonchev–Trinajstić information content (AvgIpc) is 3.08. The zero-order valence-corrected chi connectivity index (χ0v) is 9.73.